The number of methoxy groups -OCH3 is 1. The number of aryl methyl sites for hydroxylation is 1. The van der Waals surface area contributed by atoms with Crippen molar-refractivity contribution in [2.75, 3.05) is 46.5 Å². The maximum atomic E-state index is 5.57. The van der Waals surface area contributed by atoms with E-state index in [0.717, 1.165) is 82.1 Å². The van der Waals surface area contributed by atoms with Crippen molar-refractivity contribution in [3.8, 4) is 5.75 Å². The first-order chi connectivity index (χ1) is 15.3. The van der Waals surface area contributed by atoms with E-state index in [0.29, 0.717) is 6.54 Å². The van der Waals surface area contributed by atoms with Crippen LogP contribution in [0, 0.1) is 0 Å². The molecular formula is C22H34IN7O2. The fourth-order valence-electron chi connectivity index (χ4n) is 4.19. The molecule has 1 aromatic heterocycles. The largest absolute Gasteiger partial charge is 0.497 e. The lowest BCUT2D eigenvalue weighted by Crippen LogP contribution is -2.46. The number of halogens is 1. The Hall–Kier alpha value is -1.92. The SMILES string of the molecule is CCNC(=NCc1nnc2n1CCC2)NCC(c1ccc(OC)cc1)N1CCOCC1.I. The smallest absolute Gasteiger partial charge is 0.191 e. The van der Waals surface area contributed by atoms with E-state index in [2.05, 4.69) is 49.4 Å². The summed E-state index contributed by atoms with van der Waals surface area (Å²) in [6, 6.07) is 8.55. The molecule has 2 aromatic rings. The molecule has 0 radical (unpaired) electrons. The number of hydrogen-bond acceptors (Lipinski definition) is 6. The number of rotatable bonds is 8. The molecule has 1 saturated heterocycles. The summed E-state index contributed by atoms with van der Waals surface area (Å²) >= 11 is 0. The number of morpholine rings is 1. The van der Waals surface area contributed by atoms with E-state index < -0.39 is 0 Å². The van der Waals surface area contributed by atoms with Crippen LogP contribution in [0.2, 0.25) is 0 Å². The molecule has 0 aliphatic carbocycles. The van der Waals surface area contributed by atoms with Gasteiger partial charge in [0, 0.05) is 39.1 Å². The molecular weight excluding hydrogens is 521 g/mol. The van der Waals surface area contributed by atoms with Gasteiger partial charge in [0.2, 0.25) is 0 Å². The standard InChI is InChI=1S/C22H33N7O2.HI/c1-3-23-22(25-16-21-27-26-20-5-4-10-29(20)21)24-15-19(28-11-13-31-14-12-28)17-6-8-18(30-2)9-7-17;/h6-9,19H,3-5,10-16H2,1-2H3,(H2,23,24,25);1H. The Morgan fingerprint density at radius 2 is 1.94 bits per heavy atom. The van der Waals surface area contributed by atoms with Crippen LogP contribution in [0.1, 0.15) is 36.6 Å². The molecule has 1 fully saturated rings. The van der Waals surface area contributed by atoms with Gasteiger partial charge in [-0.1, -0.05) is 12.1 Å². The highest BCUT2D eigenvalue weighted by molar-refractivity contribution is 14.0. The van der Waals surface area contributed by atoms with Gasteiger partial charge in [0.1, 0.15) is 18.1 Å². The summed E-state index contributed by atoms with van der Waals surface area (Å²) in [6.45, 7) is 8.49. The van der Waals surface area contributed by atoms with Gasteiger partial charge in [-0.2, -0.15) is 0 Å². The second kappa shape index (κ2) is 12.4. The normalized spacial score (nSPS) is 17.4. The number of aromatic nitrogens is 3. The molecule has 176 valence electrons. The highest BCUT2D eigenvalue weighted by Crippen LogP contribution is 2.23. The molecule has 4 rings (SSSR count). The molecule has 1 unspecified atom stereocenters. The van der Waals surface area contributed by atoms with Crippen LogP contribution in [-0.2, 0) is 24.2 Å². The lowest BCUT2D eigenvalue weighted by molar-refractivity contribution is 0.0170. The topological polar surface area (TPSA) is 88.8 Å². The highest BCUT2D eigenvalue weighted by Gasteiger charge is 2.23. The van der Waals surface area contributed by atoms with Crippen molar-refractivity contribution in [1.82, 2.24) is 30.3 Å². The molecule has 9 nitrogen and oxygen atoms in total. The van der Waals surface area contributed by atoms with Crippen molar-refractivity contribution >= 4 is 29.9 Å². The lowest BCUT2D eigenvalue weighted by Gasteiger charge is -2.35. The third-order valence-corrected chi connectivity index (χ3v) is 5.86. The first-order valence-electron chi connectivity index (χ1n) is 11.2. The Bertz CT molecular complexity index is 866. The van der Waals surface area contributed by atoms with Crippen LogP contribution < -0.4 is 15.4 Å². The van der Waals surface area contributed by atoms with E-state index in [9.17, 15) is 0 Å². The molecule has 0 bridgehead atoms. The third-order valence-electron chi connectivity index (χ3n) is 5.86. The van der Waals surface area contributed by atoms with Crippen LogP contribution in [0.4, 0.5) is 0 Å². The van der Waals surface area contributed by atoms with Gasteiger partial charge in [-0.25, -0.2) is 4.99 Å². The fourth-order valence-corrected chi connectivity index (χ4v) is 4.19. The Balaban J connectivity index is 0.00000289. The number of nitrogens with zero attached hydrogens (tertiary/aromatic N) is 5. The summed E-state index contributed by atoms with van der Waals surface area (Å²) in [4.78, 5) is 7.25. The molecule has 0 saturated carbocycles. The molecule has 2 N–H and O–H groups in total. The Kier molecular flexibility index (Phi) is 9.54. The van der Waals surface area contributed by atoms with Crippen LogP contribution in [0.15, 0.2) is 29.3 Å². The average Bonchev–Trinajstić information content (AvgIpc) is 3.43. The molecule has 10 heteroatoms. The van der Waals surface area contributed by atoms with Gasteiger partial charge < -0.3 is 24.7 Å². The van der Waals surface area contributed by atoms with Crippen molar-refractivity contribution in [3.63, 3.8) is 0 Å². The Labute approximate surface area is 207 Å². The van der Waals surface area contributed by atoms with E-state index in [1.165, 1.54) is 5.56 Å². The van der Waals surface area contributed by atoms with Gasteiger partial charge >= 0.3 is 0 Å². The molecule has 0 spiro atoms. The number of fused-ring (bicyclic) bond motifs is 1. The van der Waals surface area contributed by atoms with Crippen molar-refractivity contribution in [2.24, 2.45) is 4.99 Å². The van der Waals surface area contributed by atoms with Gasteiger partial charge in [0.05, 0.1) is 26.4 Å². The molecule has 3 heterocycles. The van der Waals surface area contributed by atoms with Gasteiger partial charge in [-0.15, -0.1) is 34.2 Å². The predicted molar refractivity (Wildman–Crippen MR) is 135 cm³/mol. The second-order valence-corrected chi connectivity index (χ2v) is 7.80. The van der Waals surface area contributed by atoms with Crippen molar-refractivity contribution in [1.29, 1.82) is 0 Å². The number of nitrogens with one attached hydrogen (secondary N) is 2. The number of benzene rings is 1. The first-order valence-corrected chi connectivity index (χ1v) is 11.2. The zero-order valence-electron chi connectivity index (χ0n) is 18.9. The van der Waals surface area contributed by atoms with Crippen molar-refractivity contribution < 1.29 is 9.47 Å². The summed E-state index contributed by atoms with van der Waals surface area (Å²) in [6.07, 6.45) is 2.15. The van der Waals surface area contributed by atoms with E-state index in [1.807, 2.05) is 12.1 Å². The molecule has 1 aromatic carbocycles. The zero-order valence-corrected chi connectivity index (χ0v) is 21.2. The Morgan fingerprint density at radius 3 is 2.66 bits per heavy atom. The predicted octanol–water partition coefficient (Wildman–Crippen LogP) is 1.98. The minimum absolute atomic E-state index is 0. The number of aliphatic imine (C=N–C) groups is 1. The van der Waals surface area contributed by atoms with Crippen LogP contribution in [0.3, 0.4) is 0 Å². The quantitative estimate of drug-likeness (QED) is 0.293. The summed E-state index contributed by atoms with van der Waals surface area (Å²) in [5.41, 5.74) is 1.25. The summed E-state index contributed by atoms with van der Waals surface area (Å²) < 4.78 is 13.1. The second-order valence-electron chi connectivity index (χ2n) is 7.80. The summed E-state index contributed by atoms with van der Waals surface area (Å²) in [5, 5.41) is 15.5. The molecule has 2 aliphatic heterocycles. The van der Waals surface area contributed by atoms with Gasteiger partial charge in [0.15, 0.2) is 11.8 Å². The fraction of sp³-hybridized carbons (Fsp3) is 0.591. The van der Waals surface area contributed by atoms with Crippen LogP contribution in [-0.4, -0.2) is 72.1 Å². The van der Waals surface area contributed by atoms with Gasteiger partial charge in [-0.3, -0.25) is 4.90 Å². The minimum atomic E-state index is 0. The van der Waals surface area contributed by atoms with Crippen molar-refractivity contribution in [2.45, 2.75) is 38.9 Å². The molecule has 2 aliphatic rings. The van der Waals surface area contributed by atoms with Crippen LogP contribution >= 0.6 is 24.0 Å². The van der Waals surface area contributed by atoms with Gasteiger partial charge in [-0.05, 0) is 31.0 Å². The maximum Gasteiger partial charge on any atom is 0.191 e. The van der Waals surface area contributed by atoms with Crippen LogP contribution in [0.25, 0.3) is 0 Å². The summed E-state index contributed by atoms with van der Waals surface area (Å²) in [5.74, 6) is 3.68. The third kappa shape index (κ3) is 6.10. The maximum absolute atomic E-state index is 5.57. The van der Waals surface area contributed by atoms with E-state index >= 15 is 0 Å². The average molecular weight is 555 g/mol. The summed E-state index contributed by atoms with van der Waals surface area (Å²) in [7, 11) is 1.69. The zero-order chi connectivity index (χ0) is 21.5. The first kappa shape index (κ1) is 24.7. The molecule has 32 heavy (non-hydrogen) atoms. The minimum Gasteiger partial charge on any atom is -0.497 e. The number of ether oxygens (including phenoxy) is 2. The van der Waals surface area contributed by atoms with E-state index in [-0.39, 0.29) is 30.0 Å². The monoisotopic (exact) mass is 555 g/mol. The van der Waals surface area contributed by atoms with E-state index in [4.69, 9.17) is 14.5 Å². The van der Waals surface area contributed by atoms with E-state index in [1.54, 1.807) is 7.11 Å². The Morgan fingerprint density at radius 1 is 1.16 bits per heavy atom. The lowest BCUT2D eigenvalue weighted by atomic mass is 10.0. The molecule has 0 amide bonds. The number of guanidine groups is 1. The number of hydrogen-bond donors (Lipinski definition) is 2. The van der Waals surface area contributed by atoms with Crippen LogP contribution in [0.5, 0.6) is 5.75 Å². The molecule has 1 atom stereocenters. The van der Waals surface area contributed by atoms with Gasteiger partial charge in [0.25, 0.3) is 0 Å². The van der Waals surface area contributed by atoms with Crippen molar-refractivity contribution in [3.05, 3.63) is 41.5 Å². The highest BCUT2D eigenvalue weighted by atomic mass is 127.